The number of methoxy groups -OCH3 is 1. The van der Waals surface area contributed by atoms with E-state index in [2.05, 4.69) is 26.0 Å². The molecule has 0 fully saturated rings. The van der Waals surface area contributed by atoms with E-state index in [1.165, 1.54) is 13.3 Å². The Kier molecular flexibility index (Phi) is 5.92. The summed E-state index contributed by atoms with van der Waals surface area (Å²) in [5, 5.41) is 24.6. The van der Waals surface area contributed by atoms with E-state index in [-0.39, 0.29) is 16.6 Å². The Morgan fingerprint density at radius 1 is 1.11 bits per heavy atom. The smallest absolute Gasteiger partial charge is 0.329 e. The third-order valence-electron chi connectivity index (χ3n) is 3.49. The average Bonchev–Trinajstić information content (AvgIpc) is 3.18. The van der Waals surface area contributed by atoms with Crippen LogP contribution in [0, 0.1) is 0 Å². The standard InChI is InChI=1S/C18H15N5O4S/c1-27-13-9-5-8-12(14(13)24)10-19-21-16(26)15(25)20-18-23-22-17(28-18)11-6-3-2-4-7-11/h2-10,24H,1H3,(H,21,26)(H,20,23,25)/b19-10-. The second-order valence-corrected chi connectivity index (χ2v) is 6.31. The quantitative estimate of drug-likeness (QED) is 0.343. The van der Waals surface area contributed by atoms with E-state index in [1.54, 1.807) is 18.2 Å². The van der Waals surface area contributed by atoms with Gasteiger partial charge in [-0.15, -0.1) is 10.2 Å². The molecule has 9 nitrogen and oxygen atoms in total. The number of carbonyl (C=O) groups is 2. The molecule has 1 aromatic heterocycles. The molecule has 0 saturated carbocycles. The van der Waals surface area contributed by atoms with Crippen molar-refractivity contribution in [2.24, 2.45) is 5.10 Å². The monoisotopic (exact) mass is 397 g/mol. The first-order chi connectivity index (χ1) is 13.6. The maximum atomic E-state index is 11.9. The van der Waals surface area contributed by atoms with E-state index in [4.69, 9.17) is 4.74 Å². The number of rotatable bonds is 5. The minimum Gasteiger partial charge on any atom is -0.504 e. The van der Waals surface area contributed by atoms with Crippen molar-refractivity contribution in [1.29, 1.82) is 0 Å². The molecule has 28 heavy (non-hydrogen) atoms. The number of hydrogen-bond acceptors (Lipinski definition) is 8. The molecule has 0 aliphatic heterocycles. The molecule has 0 saturated heterocycles. The summed E-state index contributed by atoms with van der Waals surface area (Å²) in [7, 11) is 1.42. The Morgan fingerprint density at radius 2 is 1.89 bits per heavy atom. The predicted octanol–water partition coefficient (Wildman–Crippen LogP) is 2.01. The van der Waals surface area contributed by atoms with Gasteiger partial charge in [-0.1, -0.05) is 47.7 Å². The van der Waals surface area contributed by atoms with E-state index in [0.29, 0.717) is 10.6 Å². The number of phenols is 1. The fourth-order valence-corrected chi connectivity index (χ4v) is 2.89. The maximum Gasteiger partial charge on any atom is 0.329 e. The number of anilines is 1. The highest BCUT2D eigenvalue weighted by atomic mass is 32.1. The molecule has 0 atom stereocenters. The third kappa shape index (κ3) is 4.48. The van der Waals surface area contributed by atoms with Crippen LogP contribution in [0.2, 0.25) is 0 Å². The fourth-order valence-electron chi connectivity index (χ4n) is 2.14. The van der Waals surface area contributed by atoms with Crippen molar-refractivity contribution in [2.45, 2.75) is 0 Å². The molecular weight excluding hydrogens is 382 g/mol. The number of hydrazone groups is 1. The Labute approximate surface area is 163 Å². The Morgan fingerprint density at radius 3 is 2.64 bits per heavy atom. The van der Waals surface area contributed by atoms with Gasteiger partial charge in [0.2, 0.25) is 5.13 Å². The van der Waals surface area contributed by atoms with Crippen LogP contribution in [0.3, 0.4) is 0 Å². The number of benzene rings is 2. The maximum absolute atomic E-state index is 11.9. The number of nitrogens with one attached hydrogen (secondary N) is 2. The SMILES string of the molecule is COc1cccc(/C=N\NC(=O)C(=O)Nc2nnc(-c3ccccc3)s2)c1O. The number of nitrogens with zero attached hydrogens (tertiary/aromatic N) is 3. The van der Waals surface area contributed by atoms with Crippen molar-refractivity contribution in [3.63, 3.8) is 0 Å². The van der Waals surface area contributed by atoms with Gasteiger partial charge in [0.1, 0.15) is 5.01 Å². The van der Waals surface area contributed by atoms with Crippen LogP contribution >= 0.6 is 11.3 Å². The van der Waals surface area contributed by atoms with E-state index in [1.807, 2.05) is 30.3 Å². The van der Waals surface area contributed by atoms with E-state index in [0.717, 1.165) is 16.9 Å². The summed E-state index contributed by atoms with van der Waals surface area (Å²) in [6.07, 6.45) is 1.20. The van der Waals surface area contributed by atoms with E-state index in [9.17, 15) is 14.7 Å². The highest BCUT2D eigenvalue weighted by Crippen LogP contribution is 2.28. The molecule has 0 unspecified atom stereocenters. The lowest BCUT2D eigenvalue weighted by Crippen LogP contribution is -2.32. The topological polar surface area (TPSA) is 126 Å². The highest BCUT2D eigenvalue weighted by Gasteiger charge is 2.16. The first-order valence-corrected chi connectivity index (χ1v) is 8.79. The second kappa shape index (κ2) is 8.73. The van der Waals surface area contributed by atoms with Gasteiger partial charge < -0.3 is 9.84 Å². The average molecular weight is 397 g/mol. The molecule has 3 N–H and O–H groups in total. The lowest BCUT2D eigenvalue weighted by atomic mass is 10.2. The normalized spacial score (nSPS) is 10.6. The van der Waals surface area contributed by atoms with Gasteiger partial charge in [-0.3, -0.25) is 14.9 Å². The lowest BCUT2D eigenvalue weighted by Gasteiger charge is -2.04. The predicted molar refractivity (Wildman–Crippen MR) is 104 cm³/mol. The molecule has 2 amide bonds. The summed E-state index contributed by atoms with van der Waals surface area (Å²) in [6, 6.07) is 14.1. The van der Waals surface area contributed by atoms with E-state index < -0.39 is 11.8 Å². The number of aromatic nitrogens is 2. The molecule has 0 aliphatic rings. The van der Waals surface area contributed by atoms with Gasteiger partial charge in [-0.25, -0.2) is 5.43 Å². The van der Waals surface area contributed by atoms with Crippen LogP contribution in [-0.2, 0) is 9.59 Å². The van der Waals surface area contributed by atoms with Crippen LogP contribution in [0.1, 0.15) is 5.56 Å². The van der Waals surface area contributed by atoms with Crippen LogP contribution < -0.4 is 15.5 Å². The summed E-state index contributed by atoms with van der Waals surface area (Å²) in [5.41, 5.74) is 3.25. The van der Waals surface area contributed by atoms with Crippen molar-refractivity contribution in [2.75, 3.05) is 12.4 Å². The number of ether oxygens (including phenoxy) is 1. The van der Waals surface area contributed by atoms with E-state index >= 15 is 0 Å². The molecule has 2 aromatic carbocycles. The lowest BCUT2D eigenvalue weighted by molar-refractivity contribution is -0.136. The Balaban J connectivity index is 1.58. The Bertz CT molecular complexity index is 1020. The summed E-state index contributed by atoms with van der Waals surface area (Å²) < 4.78 is 4.98. The molecule has 0 radical (unpaired) electrons. The van der Waals surface area contributed by atoms with Gasteiger partial charge in [0, 0.05) is 11.1 Å². The van der Waals surface area contributed by atoms with Crippen molar-refractivity contribution in [3.05, 3.63) is 54.1 Å². The van der Waals surface area contributed by atoms with Gasteiger partial charge in [0.05, 0.1) is 13.3 Å². The highest BCUT2D eigenvalue weighted by molar-refractivity contribution is 7.18. The van der Waals surface area contributed by atoms with Crippen LogP contribution in [0.5, 0.6) is 11.5 Å². The van der Waals surface area contributed by atoms with Gasteiger partial charge in [-0.05, 0) is 12.1 Å². The molecular formula is C18H15N5O4S. The summed E-state index contributed by atoms with van der Waals surface area (Å²) in [4.78, 5) is 23.8. The number of carbonyl (C=O) groups excluding carboxylic acids is 2. The summed E-state index contributed by atoms with van der Waals surface area (Å²) in [6.45, 7) is 0. The third-order valence-corrected chi connectivity index (χ3v) is 4.38. The van der Waals surface area contributed by atoms with Gasteiger partial charge in [0.25, 0.3) is 0 Å². The fraction of sp³-hybridized carbons (Fsp3) is 0.0556. The molecule has 10 heteroatoms. The number of phenolic OH excluding ortho intramolecular Hbond substituents is 1. The molecule has 0 bridgehead atoms. The van der Waals surface area contributed by atoms with Gasteiger partial charge in [-0.2, -0.15) is 5.10 Å². The minimum absolute atomic E-state index is 0.130. The Hall–Kier alpha value is -3.79. The van der Waals surface area contributed by atoms with Crippen LogP contribution in [-0.4, -0.2) is 40.4 Å². The molecule has 0 aliphatic carbocycles. The number of amides is 2. The first kappa shape index (κ1) is 19.0. The van der Waals surface area contributed by atoms with Crippen LogP contribution in [0.25, 0.3) is 10.6 Å². The molecule has 3 aromatic rings. The summed E-state index contributed by atoms with van der Waals surface area (Å²) >= 11 is 1.14. The summed E-state index contributed by atoms with van der Waals surface area (Å²) in [5.74, 6) is -1.80. The van der Waals surface area contributed by atoms with Crippen LogP contribution in [0.4, 0.5) is 5.13 Å². The molecule has 3 rings (SSSR count). The van der Waals surface area contributed by atoms with Crippen molar-refractivity contribution in [1.82, 2.24) is 15.6 Å². The van der Waals surface area contributed by atoms with Crippen molar-refractivity contribution in [3.8, 4) is 22.1 Å². The first-order valence-electron chi connectivity index (χ1n) is 7.97. The largest absolute Gasteiger partial charge is 0.504 e. The van der Waals surface area contributed by atoms with Crippen molar-refractivity contribution < 1.29 is 19.4 Å². The molecule has 1 heterocycles. The zero-order chi connectivity index (χ0) is 19.9. The van der Waals surface area contributed by atoms with Crippen molar-refractivity contribution >= 4 is 34.5 Å². The van der Waals surface area contributed by atoms with Gasteiger partial charge in [0.15, 0.2) is 11.5 Å². The zero-order valence-corrected chi connectivity index (χ0v) is 15.4. The number of hydrogen-bond donors (Lipinski definition) is 3. The number of aromatic hydroxyl groups is 1. The molecule has 0 spiro atoms. The zero-order valence-electron chi connectivity index (χ0n) is 14.6. The number of para-hydroxylation sites is 1. The minimum atomic E-state index is -0.991. The molecule has 142 valence electrons. The van der Waals surface area contributed by atoms with Crippen LogP contribution in [0.15, 0.2) is 53.6 Å². The van der Waals surface area contributed by atoms with Gasteiger partial charge >= 0.3 is 11.8 Å². The second-order valence-electron chi connectivity index (χ2n) is 5.33.